The molecule has 2 heterocycles. The van der Waals surface area contributed by atoms with Gasteiger partial charge in [0.05, 0.1) is 5.69 Å². The molecule has 1 fully saturated rings. The number of ketones is 1. The molecule has 15 heavy (non-hydrogen) atoms. The fraction of sp³-hybridized carbons (Fsp3) is 0.636. The summed E-state index contributed by atoms with van der Waals surface area (Å²) in [6, 6.07) is 2.45. The van der Waals surface area contributed by atoms with Gasteiger partial charge in [-0.05, 0) is 25.5 Å². The minimum absolute atomic E-state index is 0.0793. The summed E-state index contributed by atoms with van der Waals surface area (Å²) < 4.78 is 1.67. The van der Waals surface area contributed by atoms with Crippen LogP contribution in [0.5, 0.6) is 0 Å². The van der Waals surface area contributed by atoms with Crippen molar-refractivity contribution in [1.29, 1.82) is 0 Å². The standard InChI is InChI=1S/C11H17N3O/c1-8(15)11-7-10(13-14(11)2)6-9-4-3-5-12-9/h7,9,12H,3-6H2,1-2H3. The molecule has 0 amide bonds. The summed E-state index contributed by atoms with van der Waals surface area (Å²) in [7, 11) is 1.82. The molecule has 1 N–H and O–H groups in total. The van der Waals surface area contributed by atoms with Crippen LogP contribution < -0.4 is 5.32 Å². The van der Waals surface area contributed by atoms with Crippen LogP contribution in [0.2, 0.25) is 0 Å². The Labute approximate surface area is 89.7 Å². The lowest BCUT2D eigenvalue weighted by Gasteiger charge is -2.06. The lowest BCUT2D eigenvalue weighted by molar-refractivity contribution is 0.100. The third kappa shape index (κ3) is 2.26. The van der Waals surface area contributed by atoms with Crippen LogP contribution in [0.4, 0.5) is 0 Å². The van der Waals surface area contributed by atoms with Crippen molar-refractivity contribution in [1.82, 2.24) is 15.1 Å². The number of hydrogen-bond acceptors (Lipinski definition) is 3. The summed E-state index contributed by atoms with van der Waals surface area (Å²) in [6.07, 6.45) is 3.39. The number of nitrogens with one attached hydrogen (secondary N) is 1. The summed E-state index contributed by atoms with van der Waals surface area (Å²) in [5, 5.41) is 7.78. The maximum atomic E-state index is 11.2. The van der Waals surface area contributed by atoms with Gasteiger partial charge in [-0.3, -0.25) is 9.48 Å². The average molecular weight is 207 g/mol. The zero-order valence-corrected chi connectivity index (χ0v) is 9.29. The molecule has 0 spiro atoms. The Morgan fingerprint density at radius 1 is 1.73 bits per heavy atom. The van der Waals surface area contributed by atoms with Gasteiger partial charge < -0.3 is 5.32 Å². The number of nitrogens with zero attached hydrogens (tertiary/aromatic N) is 2. The lowest BCUT2D eigenvalue weighted by atomic mass is 10.1. The Morgan fingerprint density at radius 3 is 3.07 bits per heavy atom. The number of hydrogen-bond donors (Lipinski definition) is 1. The molecule has 82 valence electrons. The molecule has 1 saturated heterocycles. The van der Waals surface area contributed by atoms with Crippen LogP contribution in [0.1, 0.15) is 35.9 Å². The van der Waals surface area contributed by atoms with E-state index in [1.54, 1.807) is 11.6 Å². The summed E-state index contributed by atoms with van der Waals surface area (Å²) in [4.78, 5) is 11.2. The van der Waals surface area contributed by atoms with Crippen molar-refractivity contribution in [3.8, 4) is 0 Å². The molecule has 1 aromatic heterocycles. The Hall–Kier alpha value is -1.16. The monoisotopic (exact) mass is 207 g/mol. The van der Waals surface area contributed by atoms with E-state index in [0.29, 0.717) is 11.7 Å². The van der Waals surface area contributed by atoms with Crippen LogP contribution in [0.25, 0.3) is 0 Å². The first-order valence-corrected chi connectivity index (χ1v) is 5.44. The van der Waals surface area contributed by atoms with E-state index in [4.69, 9.17) is 0 Å². The van der Waals surface area contributed by atoms with E-state index in [2.05, 4.69) is 10.4 Å². The van der Waals surface area contributed by atoms with Gasteiger partial charge in [0.25, 0.3) is 0 Å². The minimum atomic E-state index is 0.0793. The molecule has 1 aromatic rings. The molecular formula is C11H17N3O. The number of aromatic nitrogens is 2. The van der Waals surface area contributed by atoms with E-state index in [0.717, 1.165) is 18.7 Å². The molecule has 2 rings (SSSR count). The van der Waals surface area contributed by atoms with Crippen molar-refractivity contribution < 1.29 is 4.79 Å². The second-order valence-corrected chi connectivity index (χ2v) is 4.20. The van der Waals surface area contributed by atoms with E-state index < -0.39 is 0 Å². The highest BCUT2D eigenvalue weighted by molar-refractivity contribution is 5.92. The van der Waals surface area contributed by atoms with Gasteiger partial charge in [-0.1, -0.05) is 0 Å². The second-order valence-electron chi connectivity index (χ2n) is 4.20. The van der Waals surface area contributed by atoms with Crippen molar-refractivity contribution in [3.63, 3.8) is 0 Å². The van der Waals surface area contributed by atoms with Gasteiger partial charge in [0.15, 0.2) is 5.78 Å². The molecule has 4 heteroatoms. The van der Waals surface area contributed by atoms with Gasteiger partial charge in [0.1, 0.15) is 5.69 Å². The SMILES string of the molecule is CC(=O)c1cc(CC2CCCN2)nn1C. The Bertz CT molecular complexity index is 364. The van der Waals surface area contributed by atoms with Gasteiger partial charge >= 0.3 is 0 Å². The molecule has 1 unspecified atom stereocenters. The average Bonchev–Trinajstić information content (AvgIpc) is 2.75. The Kier molecular flexibility index (Phi) is 2.86. The van der Waals surface area contributed by atoms with Crippen LogP contribution in [-0.4, -0.2) is 28.2 Å². The summed E-state index contributed by atoms with van der Waals surface area (Å²) in [5.41, 5.74) is 1.71. The third-order valence-electron chi connectivity index (χ3n) is 2.91. The van der Waals surface area contributed by atoms with E-state index in [9.17, 15) is 4.79 Å². The van der Waals surface area contributed by atoms with E-state index in [-0.39, 0.29) is 5.78 Å². The van der Waals surface area contributed by atoms with Gasteiger partial charge in [0.2, 0.25) is 0 Å². The molecular weight excluding hydrogens is 190 g/mol. The molecule has 1 aliphatic rings. The zero-order chi connectivity index (χ0) is 10.8. The summed E-state index contributed by atoms with van der Waals surface area (Å²) in [6.45, 7) is 2.69. The van der Waals surface area contributed by atoms with Gasteiger partial charge in [-0.15, -0.1) is 0 Å². The molecule has 0 radical (unpaired) electrons. The van der Waals surface area contributed by atoms with E-state index >= 15 is 0 Å². The quantitative estimate of drug-likeness (QED) is 0.750. The number of rotatable bonds is 3. The van der Waals surface area contributed by atoms with Crippen molar-refractivity contribution in [2.75, 3.05) is 6.54 Å². The van der Waals surface area contributed by atoms with Gasteiger partial charge in [-0.2, -0.15) is 5.10 Å². The second kappa shape index (κ2) is 4.14. The fourth-order valence-corrected chi connectivity index (χ4v) is 2.14. The molecule has 0 bridgehead atoms. The summed E-state index contributed by atoms with van der Waals surface area (Å²) in [5.74, 6) is 0.0793. The maximum Gasteiger partial charge on any atom is 0.177 e. The molecule has 0 saturated carbocycles. The Morgan fingerprint density at radius 2 is 2.53 bits per heavy atom. The predicted molar refractivity (Wildman–Crippen MR) is 57.9 cm³/mol. The molecule has 1 atom stereocenters. The van der Waals surface area contributed by atoms with E-state index in [1.807, 2.05) is 13.1 Å². The molecule has 0 aromatic carbocycles. The van der Waals surface area contributed by atoms with Crippen molar-refractivity contribution in [2.24, 2.45) is 7.05 Å². The van der Waals surface area contributed by atoms with Gasteiger partial charge in [-0.25, -0.2) is 0 Å². The highest BCUT2D eigenvalue weighted by Crippen LogP contribution is 2.12. The van der Waals surface area contributed by atoms with Crippen LogP contribution in [-0.2, 0) is 13.5 Å². The first-order valence-electron chi connectivity index (χ1n) is 5.44. The summed E-state index contributed by atoms with van der Waals surface area (Å²) >= 11 is 0. The molecule has 1 aliphatic heterocycles. The van der Waals surface area contributed by atoms with Crippen LogP contribution in [0.15, 0.2) is 6.07 Å². The van der Waals surface area contributed by atoms with Crippen molar-refractivity contribution in [2.45, 2.75) is 32.2 Å². The normalized spacial score (nSPS) is 20.8. The first kappa shape index (κ1) is 10.4. The number of carbonyl (C=O) groups is 1. The highest BCUT2D eigenvalue weighted by Gasteiger charge is 2.17. The number of aryl methyl sites for hydroxylation is 1. The highest BCUT2D eigenvalue weighted by atomic mass is 16.1. The predicted octanol–water partition coefficient (Wildman–Crippen LogP) is 0.917. The number of Topliss-reactive ketones (excluding diaryl/α,β-unsaturated/α-hetero) is 1. The van der Waals surface area contributed by atoms with Crippen molar-refractivity contribution >= 4 is 5.78 Å². The first-order chi connectivity index (χ1) is 7.16. The third-order valence-corrected chi connectivity index (χ3v) is 2.91. The van der Waals surface area contributed by atoms with E-state index in [1.165, 1.54) is 12.8 Å². The molecule has 0 aliphatic carbocycles. The van der Waals surface area contributed by atoms with Crippen LogP contribution in [0, 0.1) is 0 Å². The smallest absolute Gasteiger partial charge is 0.177 e. The topological polar surface area (TPSA) is 46.9 Å². The molecule has 4 nitrogen and oxygen atoms in total. The largest absolute Gasteiger partial charge is 0.314 e. The lowest BCUT2D eigenvalue weighted by Crippen LogP contribution is -2.23. The zero-order valence-electron chi connectivity index (χ0n) is 9.29. The maximum absolute atomic E-state index is 11.2. The fourth-order valence-electron chi connectivity index (χ4n) is 2.14. The van der Waals surface area contributed by atoms with Crippen LogP contribution in [0.3, 0.4) is 0 Å². The van der Waals surface area contributed by atoms with Crippen LogP contribution >= 0.6 is 0 Å². The van der Waals surface area contributed by atoms with Gasteiger partial charge in [0, 0.05) is 26.4 Å². The number of carbonyl (C=O) groups excluding carboxylic acids is 1. The minimum Gasteiger partial charge on any atom is -0.314 e. The Balaban J connectivity index is 2.08. The van der Waals surface area contributed by atoms with Crippen molar-refractivity contribution in [3.05, 3.63) is 17.5 Å².